The van der Waals surface area contributed by atoms with Crippen LogP contribution in [0, 0.1) is 6.92 Å². The molecule has 0 radical (unpaired) electrons. The molecule has 0 atom stereocenters. The Morgan fingerprint density at radius 2 is 1.95 bits per heavy atom. The maximum atomic E-state index is 12.5. The topological polar surface area (TPSA) is 20.3 Å². The summed E-state index contributed by atoms with van der Waals surface area (Å²) in [6.45, 7) is 2.00. The highest BCUT2D eigenvalue weighted by Gasteiger charge is 2.16. The van der Waals surface area contributed by atoms with Crippen molar-refractivity contribution in [2.24, 2.45) is 0 Å². The van der Waals surface area contributed by atoms with E-state index in [9.17, 15) is 4.79 Å². The first-order valence-corrected chi connectivity index (χ1v) is 6.96. The van der Waals surface area contributed by atoms with Gasteiger partial charge in [0.15, 0.2) is 0 Å². The summed E-state index contributed by atoms with van der Waals surface area (Å²) in [5.74, 6) is -0.0972. The molecule has 0 aliphatic rings. The fourth-order valence-corrected chi connectivity index (χ4v) is 2.38. The third-order valence-corrected chi connectivity index (χ3v) is 3.78. The van der Waals surface area contributed by atoms with Gasteiger partial charge in [0.2, 0.25) is 0 Å². The molecule has 2 rings (SSSR count). The van der Waals surface area contributed by atoms with Gasteiger partial charge in [0.05, 0.1) is 5.56 Å². The van der Waals surface area contributed by atoms with Crippen LogP contribution in [0.3, 0.4) is 0 Å². The number of aryl methyl sites for hydroxylation is 1. The van der Waals surface area contributed by atoms with Crippen LogP contribution in [0.1, 0.15) is 15.9 Å². The van der Waals surface area contributed by atoms with Crippen molar-refractivity contribution in [3.63, 3.8) is 0 Å². The van der Waals surface area contributed by atoms with E-state index in [4.69, 9.17) is 11.6 Å². The number of halogens is 2. The minimum Gasteiger partial charge on any atom is -0.311 e. The molecule has 2 aromatic rings. The molecule has 98 valence electrons. The van der Waals surface area contributed by atoms with Gasteiger partial charge in [0.25, 0.3) is 5.91 Å². The maximum Gasteiger partial charge on any atom is 0.259 e. The summed E-state index contributed by atoms with van der Waals surface area (Å²) in [6.07, 6.45) is 0. The first-order chi connectivity index (χ1) is 8.99. The monoisotopic (exact) mass is 337 g/mol. The highest BCUT2D eigenvalue weighted by atomic mass is 79.9. The summed E-state index contributed by atoms with van der Waals surface area (Å²) in [4.78, 5) is 14.1. The van der Waals surface area contributed by atoms with Gasteiger partial charge in [0.1, 0.15) is 0 Å². The molecular formula is C15H13BrClNO. The zero-order valence-electron chi connectivity index (χ0n) is 10.7. The lowest BCUT2D eigenvalue weighted by molar-refractivity contribution is 0.0992. The average molecular weight is 339 g/mol. The van der Waals surface area contributed by atoms with Crippen molar-refractivity contribution in [2.75, 3.05) is 11.9 Å². The van der Waals surface area contributed by atoms with Crippen molar-refractivity contribution in [2.45, 2.75) is 6.92 Å². The van der Waals surface area contributed by atoms with E-state index < -0.39 is 0 Å². The van der Waals surface area contributed by atoms with E-state index in [2.05, 4.69) is 15.9 Å². The molecule has 0 saturated heterocycles. The van der Waals surface area contributed by atoms with Gasteiger partial charge < -0.3 is 4.90 Å². The third kappa shape index (κ3) is 3.17. The Balaban J connectivity index is 2.36. The van der Waals surface area contributed by atoms with E-state index in [0.717, 1.165) is 15.7 Å². The molecule has 0 saturated carbocycles. The summed E-state index contributed by atoms with van der Waals surface area (Å²) in [6, 6.07) is 13.0. The Kier molecular flexibility index (Phi) is 4.27. The highest BCUT2D eigenvalue weighted by molar-refractivity contribution is 9.10. The number of hydrogen-bond acceptors (Lipinski definition) is 1. The number of benzene rings is 2. The second-order valence-electron chi connectivity index (χ2n) is 4.33. The average Bonchev–Trinajstić information content (AvgIpc) is 2.40. The number of amides is 1. The molecule has 0 unspecified atom stereocenters. The number of hydrogen-bond donors (Lipinski definition) is 0. The molecule has 19 heavy (non-hydrogen) atoms. The Hall–Kier alpha value is -1.32. The maximum absolute atomic E-state index is 12.5. The minimum atomic E-state index is -0.0972. The number of carbonyl (C=O) groups excluding carboxylic acids is 1. The van der Waals surface area contributed by atoms with E-state index in [1.165, 1.54) is 0 Å². The molecule has 4 heteroatoms. The van der Waals surface area contributed by atoms with E-state index in [0.29, 0.717) is 10.6 Å². The molecular weight excluding hydrogens is 326 g/mol. The molecule has 0 heterocycles. The molecule has 0 spiro atoms. The predicted molar refractivity (Wildman–Crippen MR) is 83.1 cm³/mol. The summed E-state index contributed by atoms with van der Waals surface area (Å²) >= 11 is 9.33. The zero-order valence-corrected chi connectivity index (χ0v) is 13.0. The van der Waals surface area contributed by atoms with Crippen LogP contribution in [0.5, 0.6) is 0 Å². The normalized spacial score (nSPS) is 10.3. The van der Waals surface area contributed by atoms with Crippen molar-refractivity contribution in [1.29, 1.82) is 0 Å². The quantitative estimate of drug-likeness (QED) is 0.778. The van der Waals surface area contributed by atoms with Crippen LogP contribution in [0.15, 0.2) is 46.9 Å². The van der Waals surface area contributed by atoms with Gasteiger partial charge >= 0.3 is 0 Å². The van der Waals surface area contributed by atoms with E-state index in [-0.39, 0.29) is 5.91 Å². The van der Waals surface area contributed by atoms with Crippen molar-refractivity contribution < 1.29 is 4.79 Å². The predicted octanol–water partition coefficient (Wildman–Crippen LogP) is 4.69. The number of rotatable bonds is 2. The molecule has 0 N–H and O–H groups in total. The van der Waals surface area contributed by atoms with Crippen molar-refractivity contribution in [3.05, 3.63) is 63.1 Å². The smallest absolute Gasteiger partial charge is 0.259 e. The third-order valence-electron chi connectivity index (χ3n) is 2.85. The van der Waals surface area contributed by atoms with Gasteiger partial charge in [-0.25, -0.2) is 0 Å². The summed E-state index contributed by atoms with van der Waals surface area (Å²) < 4.78 is 0.737. The largest absolute Gasteiger partial charge is 0.311 e. The second kappa shape index (κ2) is 5.76. The number of carbonyl (C=O) groups is 1. The van der Waals surface area contributed by atoms with Crippen LogP contribution in [0.2, 0.25) is 5.02 Å². The van der Waals surface area contributed by atoms with Crippen LogP contribution in [0.25, 0.3) is 0 Å². The number of nitrogens with zero attached hydrogens (tertiary/aromatic N) is 1. The van der Waals surface area contributed by atoms with E-state index in [1.807, 2.05) is 31.2 Å². The van der Waals surface area contributed by atoms with Crippen molar-refractivity contribution in [1.82, 2.24) is 0 Å². The lowest BCUT2D eigenvalue weighted by Gasteiger charge is -2.18. The van der Waals surface area contributed by atoms with Crippen LogP contribution in [0.4, 0.5) is 5.69 Å². The molecule has 0 aliphatic carbocycles. The first kappa shape index (κ1) is 14.1. The van der Waals surface area contributed by atoms with Crippen LogP contribution in [-0.4, -0.2) is 13.0 Å². The van der Waals surface area contributed by atoms with Gasteiger partial charge in [0, 0.05) is 22.2 Å². The molecule has 2 aromatic carbocycles. The van der Waals surface area contributed by atoms with E-state index >= 15 is 0 Å². The fraction of sp³-hybridized carbons (Fsp3) is 0.133. The van der Waals surface area contributed by atoms with E-state index in [1.54, 1.807) is 30.1 Å². The Morgan fingerprint density at radius 1 is 1.21 bits per heavy atom. The summed E-state index contributed by atoms with van der Waals surface area (Å²) in [5, 5.41) is 0.546. The molecule has 2 nitrogen and oxygen atoms in total. The fourth-order valence-electron chi connectivity index (χ4n) is 1.80. The van der Waals surface area contributed by atoms with Gasteiger partial charge in [-0.2, -0.15) is 0 Å². The summed E-state index contributed by atoms with van der Waals surface area (Å²) in [5.41, 5.74) is 2.52. The molecule has 1 amide bonds. The van der Waals surface area contributed by atoms with Gasteiger partial charge in [-0.3, -0.25) is 4.79 Å². The molecule has 0 aromatic heterocycles. The van der Waals surface area contributed by atoms with Gasteiger partial charge in [-0.15, -0.1) is 0 Å². The molecule has 0 aliphatic heterocycles. The Morgan fingerprint density at radius 3 is 2.63 bits per heavy atom. The van der Waals surface area contributed by atoms with Gasteiger partial charge in [-0.05, 0) is 58.7 Å². The Bertz CT molecular complexity index is 627. The minimum absolute atomic E-state index is 0.0972. The highest BCUT2D eigenvalue weighted by Crippen LogP contribution is 2.24. The molecule has 0 bridgehead atoms. The van der Waals surface area contributed by atoms with Crippen molar-refractivity contribution >= 4 is 39.1 Å². The summed E-state index contributed by atoms with van der Waals surface area (Å²) in [7, 11) is 1.75. The zero-order chi connectivity index (χ0) is 14.0. The van der Waals surface area contributed by atoms with Crippen molar-refractivity contribution in [3.8, 4) is 0 Å². The van der Waals surface area contributed by atoms with Crippen LogP contribution in [-0.2, 0) is 0 Å². The van der Waals surface area contributed by atoms with Crippen LogP contribution >= 0.6 is 27.5 Å². The number of anilines is 1. The van der Waals surface area contributed by atoms with Crippen LogP contribution < -0.4 is 4.90 Å². The SMILES string of the molecule is Cc1cccc(N(C)C(=O)c2cc(Cl)ccc2Br)c1. The lowest BCUT2D eigenvalue weighted by atomic mass is 10.1. The first-order valence-electron chi connectivity index (χ1n) is 5.79. The lowest BCUT2D eigenvalue weighted by Crippen LogP contribution is -2.26. The second-order valence-corrected chi connectivity index (χ2v) is 5.62. The standard InChI is InChI=1S/C15H13BrClNO/c1-10-4-3-5-12(8-10)18(2)15(19)13-9-11(17)6-7-14(13)16/h3-9H,1-2H3. The van der Waals surface area contributed by atoms with Gasteiger partial charge in [-0.1, -0.05) is 23.7 Å². The Labute approximate surface area is 126 Å². The molecule has 0 fully saturated rings.